The molecule has 0 fully saturated rings. The van der Waals surface area contributed by atoms with Gasteiger partial charge in [0, 0.05) is 11.0 Å². The van der Waals surface area contributed by atoms with Crippen LogP contribution in [0.5, 0.6) is 0 Å². The topological polar surface area (TPSA) is 95.7 Å². The van der Waals surface area contributed by atoms with Gasteiger partial charge in [-0.05, 0) is 18.2 Å². The molecule has 0 aliphatic heterocycles. The van der Waals surface area contributed by atoms with Crippen LogP contribution < -0.4 is 0 Å². The highest BCUT2D eigenvalue weighted by molar-refractivity contribution is 7.99. The van der Waals surface area contributed by atoms with Crippen LogP contribution in [0.15, 0.2) is 46.2 Å². The molecular formula is C16H12FNO6S. The summed E-state index contributed by atoms with van der Waals surface area (Å²) in [5.74, 6) is -2.61. The maximum absolute atomic E-state index is 14.1. The summed E-state index contributed by atoms with van der Waals surface area (Å²) in [5.41, 5.74) is -0.840. The molecule has 0 heterocycles. The predicted octanol–water partition coefficient (Wildman–Crippen LogP) is 3.46. The molecule has 0 saturated heterocycles. The first-order valence-corrected chi connectivity index (χ1v) is 7.62. The van der Waals surface area contributed by atoms with Gasteiger partial charge in [0.2, 0.25) is 0 Å². The molecule has 0 atom stereocenters. The smallest absolute Gasteiger partial charge is 0.341 e. The average Bonchev–Trinajstić information content (AvgIpc) is 2.60. The van der Waals surface area contributed by atoms with Crippen molar-refractivity contribution in [1.82, 2.24) is 0 Å². The van der Waals surface area contributed by atoms with Gasteiger partial charge in [-0.25, -0.2) is 14.0 Å². The fourth-order valence-corrected chi connectivity index (χ4v) is 3.03. The largest absolute Gasteiger partial charge is 0.465 e. The summed E-state index contributed by atoms with van der Waals surface area (Å²) in [6, 6.07) is 7.94. The van der Waals surface area contributed by atoms with E-state index in [4.69, 9.17) is 0 Å². The molecule has 0 aliphatic carbocycles. The normalized spacial score (nSPS) is 10.2. The third-order valence-corrected chi connectivity index (χ3v) is 4.29. The molecule has 7 nitrogen and oxygen atoms in total. The second-order valence-electron chi connectivity index (χ2n) is 4.64. The monoisotopic (exact) mass is 365 g/mol. The Hall–Kier alpha value is -2.94. The predicted molar refractivity (Wildman–Crippen MR) is 86.3 cm³/mol. The molecule has 25 heavy (non-hydrogen) atoms. The lowest BCUT2D eigenvalue weighted by molar-refractivity contribution is -0.387. The minimum absolute atomic E-state index is 0.0634. The molecule has 0 unspecified atom stereocenters. The number of nitrogens with zero attached hydrogens (tertiary/aromatic N) is 1. The van der Waals surface area contributed by atoms with Crippen molar-refractivity contribution >= 4 is 29.4 Å². The molecule has 2 aromatic rings. The number of hydrogen-bond acceptors (Lipinski definition) is 7. The summed E-state index contributed by atoms with van der Waals surface area (Å²) >= 11 is 0.820. The van der Waals surface area contributed by atoms with Crippen molar-refractivity contribution in [2.75, 3.05) is 14.2 Å². The number of carbonyl (C=O) groups excluding carboxylic acids is 2. The fourth-order valence-electron chi connectivity index (χ4n) is 1.99. The second kappa shape index (κ2) is 7.75. The van der Waals surface area contributed by atoms with Crippen LogP contribution in [0.3, 0.4) is 0 Å². The van der Waals surface area contributed by atoms with Gasteiger partial charge in [0.25, 0.3) is 5.69 Å². The van der Waals surface area contributed by atoms with E-state index in [0.29, 0.717) is 4.90 Å². The van der Waals surface area contributed by atoms with Crippen molar-refractivity contribution < 1.29 is 28.4 Å². The highest BCUT2D eigenvalue weighted by atomic mass is 32.2. The van der Waals surface area contributed by atoms with Crippen molar-refractivity contribution in [2.24, 2.45) is 0 Å². The summed E-state index contributed by atoms with van der Waals surface area (Å²) in [4.78, 5) is 34.1. The number of rotatable bonds is 5. The minimum atomic E-state index is -1.02. The number of carbonyl (C=O) groups is 2. The number of benzene rings is 2. The highest BCUT2D eigenvalue weighted by Gasteiger charge is 2.24. The lowest BCUT2D eigenvalue weighted by atomic mass is 10.2. The molecular weight excluding hydrogens is 353 g/mol. The van der Waals surface area contributed by atoms with Gasteiger partial charge in [0.15, 0.2) is 0 Å². The van der Waals surface area contributed by atoms with Gasteiger partial charge in [0.05, 0.1) is 29.6 Å². The van der Waals surface area contributed by atoms with Gasteiger partial charge in [-0.3, -0.25) is 10.1 Å². The Kier molecular flexibility index (Phi) is 5.71. The van der Waals surface area contributed by atoms with Crippen molar-refractivity contribution in [3.05, 3.63) is 63.5 Å². The summed E-state index contributed by atoms with van der Waals surface area (Å²) in [6.45, 7) is 0. The molecule has 2 rings (SSSR count). The zero-order chi connectivity index (χ0) is 18.6. The van der Waals surface area contributed by atoms with E-state index in [-0.39, 0.29) is 10.5 Å². The van der Waals surface area contributed by atoms with Crippen molar-refractivity contribution in [3.63, 3.8) is 0 Å². The molecule has 0 radical (unpaired) electrons. The van der Waals surface area contributed by atoms with Gasteiger partial charge < -0.3 is 9.47 Å². The van der Waals surface area contributed by atoms with Crippen LogP contribution in [0.2, 0.25) is 0 Å². The van der Waals surface area contributed by atoms with Gasteiger partial charge >= 0.3 is 11.9 Å². The minimum Gasteiger partial charge on any atom is -0.465 e. The first-order chi connectivity index (χ1) is 11.9. The van der Waals surface area contributed by atoms with E-state index in [1.54, 1.807) is 18.2 Å². The Morgan fingerprint density at radius 3 is 2.24 bits per heavy atom. The fraction of sp³-hybridized carbons (Fsp3) is 0.125. The van der Waals surface area contributed by atoms with Crippen molar-refractivity contribution in [2.45, 2.75) is 9.79 Å². The van der Waals surface area contributed by atoms with Gasteiger partial charge in [0.1, 0.15) is 11.4 Å². The quantitative estimate of drug-likeness (QED) is 0.455. The van der Waals surface area contributed by atoms with Crippen molar-refractivity contribution in [3.8, 4) is 0 Å². The lowest BCUT2D eigenvalue weighted by Gasteiger charge is -2.09. The maximum Gasteiger partial charge on any atom is 0.341 e. The molecule has 0 bridgehead atoms. The standard InChI is InChI=1S/C16H12FNO6S/c1-23-15(19)9-5-3-4-6-13(9)25-14-8-11(17)10(16(20)24-2)7-12(14)18(21)22/h3-8H,1-2H3. The lowest BCUT2D eigenvalue weighted by Crippen LogP contribution is -2.06. The SMILES string of the molecule is COC(=O)c1cc([N+](=O)[O-])c(Sc2ccccc2C(=O)OC)cc1F. The molecule has 0 spiro atoms. The number of methoxy groups -OCH3 is 2. The first-order valence-electron chi connectivity index (χ1n) is 6.80. The summed E-state index contributed by atoms with van der Waals surface area (Å²) in [7, 11) is 2.25. The number of ether oxygens (including phenoxy) is 2. The second-order valence-corrected chi connectivity index (χ2v) is 5.72. The molecule has 0 N–H and O–H groups in total. The number of halogens is 1. The van der Waals surface area contributed by atoms with E-state index < -0.39 is 33.9 Å². The Morgan fingerprint density at radius 2 is 1.64 bits per heavy atom. The van der Waals surface area contributed by atoms with E-state index in [2.05, 4.69) is 9.47 Å². The van der Waals surface area contributed by atoms with Crippen LogP contribution in [-0.2, 0) is 9.47 Å². The third kappa shape index (κ3) is 3.94. The van der Waals surface area contributed by atoms with Crippen molar-refractivity contribution in [1.29, 1.82) is 0 Å². The number of nitro groups is 1. The van der Waals surface area contributed by atoms with Crippen LogP contribution in [0, 0.1) is 15.9 Å². The van der Waals surface area contributed by atoms with Crippen LogP contribution in [-0.4, -0.2) is 31.1 Å². The van der Waals surface area contributed by atoms with Gasteiger partial charge in [-0.1, -0.05) is 23.9 Å². The Balaban J connectivity index is 2.54. The third-order valence-electron chi connectivity index (χ3n) is 3.16. The zero-order valence-electron chi connectivity index (χ0n) is 13.1. The number of esters is 2. The van der Waals surface area contributed by atoms with Gasteiger partial charge in [-0.15, -0.1) is 0 Å². The molecule has 0 saturated carbocycles. The van der Waals surface area contributed by atoms with Crippen LogP contribution in [0.4, 0.5) is 10.1 Å². The van der Waals surface area contributed by atoms with Crippen LogP contribution in [0.1, 0.15) is 20.7 Å². The number of hydrogen-bond donors (Lipinski definition) is 0. The van der Waals surface area contributed by atoms with E-state index in [1.165, 1.54) is 13.2 Å². The average molecular weight is 365 g/mol. The summed E-state index contributed by atoms with van der Waals surface area (Å²) in [5, 5.41) is 11.3. The molecule has 0 aromatic heterocycles. The Labute approximate surface area is 145 Å². The highest BCUT2D eigenvalue weighted by Crippen LogP contribution is 2.38. The molecule has 2 aromatic carbocycles. The summed E-state index contributed by atoms with van der Waals surface area (Å²) in [6.07, 6.45) is 0. The van der Waals surface area contributed by atoms with E-state index in [9.17, 15) is 24.1 Å². The van der Waals surface area contributed by atoms with Crippen LogP contribution in [0.25, 0.3) is 0 Å². The first kappa shape index (κ1) is 18.4. The Morgan fingerprint density at radius 1 is 1.04 bits per heavy atom. The van der Waals surface area contributed by atoms with E-state index in [1.807, 2.05) is 0 Å². The Bertz CT molecular complexity index is 855. The van der Waals surface area contributed by atoms with Crippen LogP contribution >= 0.6 is 11.8 Å². The zero-order valence-corrected chi connectivity index (χ0v) is 14.0. The van der Waals surface area contributed by atoms with E-state index >= 15 is 0 Å². The van der Waals surface area contributed by atoms with E-state index in [0.717, 1.165) is 31.0 Å². The molecule has 0 aliphatic rings. The molecule has 130 valence electrons. The summed E-state index contributed by atoms with van der Waals surface area (Å²) < 4.78 is 23.2. The van der Waals surface area contributed by atoms with Gasteiger partial charge in [-0.2, -0.15) is 0 Å². The maximum atomic E-state index is 14.1. The molecule has 9 heteroatoms. The molecule has 0 amide bonds. The number of nitro benzene ring substituents is 1.